The second-order valence-corrected chi connectivity index (χ2v) is 8.07. The van der Waals surface area contributed by atoms with Crippen LogP contribution in [0, 0.1) is 0 Å². The van der Waals surface area contributed by atoms with Crippen molar-refractivity contribution < 1.29 is 0 Å². The molecule has 2 aromatic rings. The molecule has 8 heteroatoms. The van der Waals surface area contributed by atoms with Gasteiger partial charge in [-0.3, -0.25) is 9.89 Å². The molecule has 1 aliphatic rings. The Morgan fingerprint density at radius 2 is 2.00 bits per heavy atom. The first-order valence-corrected chi connectivity index (χ1v) is 11.4. The number of rotatable bonds is 10. The quantitative estimate of drug-likeness (QED) is 0.447. The van der Waals surface area contributed by atoms with E-state index in [4.69, 9.17) is 16.6 Å². The molecule has 1 saturated heterocycles. The number of nitrogens with zero attached hydrogens (tertiary/aromatic N) is 5. The van der Waals surface area contributed by atoms with Crippen LogP contribution in [0.5, 0.6) is 0 Å². The molecule has 1 atom stereocenters. The van der Waals surface area contributed by atoms with Crippen LogP contribution in [-0.4, -0.2) is 64.4 Å². The van der Waals surface area contributed by atoms with Crippen molar-refractivity contribution in [3.8, 4) is 0 Å². The molecule has 164 valence electrons. The zero-order valence-electron chi connectivity index (χ0n) is 18.1. The van der Waals surface area contributed by atoms with E-state index in [9.17, 15) is 0 Å². The Kier molecular flexibility index (Phi) is 8.96. The van der Waals surface area contributed by atoms with Crippen molar-refractivity contribution in [1.29, 1.82) is 0 Å². The second kappa shape index (κ2) is 11.9. The zero-order chi connectivity index (χ0) is 21.2. The van der Waals surface area contributed by atoms with Gasteiger partial charge in [-0.15, -0.1) is 10.2 Å². The maximum absolute atomic E-state index is 5.98. The number of aliphatic imine (C=N–C) groups is 1. The van der Waals surface area contributed by atoms with Crippen molar-refractivity contribution in [2.45, 2.75) is 52.1 Å². The normalized spacial score (nSPS) is 17.4. The highest BCUT2D eigenvalue weighted by molar-refractivity contribution is 6.30. The molecule has 7 nitrogen and oxygen atoms in total. The molecular weight excluding hydrogens is 398 g/mol. The highest BCUT2D eigenvalue weighted by Crippen LogP contribution is 2.16. The fourth-order valence-electron chi connectivity index (χ4n) is 3.90. The van der Waals surface area contributed by atoms with Crippen molar-refractivity contribution in [3.05, 3.63) is 47.0 Å². The van der Waals surface area contributed by atoms with E-state index < -0.39 is 0 Å². The van der Waals surface area contributed by atoms with Crippen molar-refractivity contribution >= 4 is 17.6 Å². The predicted molar refractivity (Wildman–Crippen MR) is 123 cm³/mol. The summed E-state index contributed by atoms with van der Waals surface area (Å²) in [6.07, 6.45) is 6.11. The molecule has 2 N–H and O–H groups in total. The average molecular weight is 432 g/mol. The fourth-order valence-corrected chi connectivity index (χ4v) is 4.03. The lowest BCUT2D eigenvalue weighted by molar-refractivity contribution is 0.273. The van der Waals surface area contributed by atoms with Gasteiger partial charge in [0.15, 0.2) is 5.96 Å². The summed E-state index contributed by atoms with van der Waals surface area (Å²) in [4.78, 5) is 7.43. The van der Waals surface area contributed by atoms with Crippen molar-refractivity contribution in [2.24, 2.45) is 4.99 Å². The number of nitrogens with one attached hydrogen (secondary N) is 2. The molecule has 1 unspecified atom stereocenters. The number of hydrogen-bond acceptors (Lipinski definition) is 4. The molecule has 3 rings (SSSR count). The Balaban J connectivity index is 1.54. The van der Waals surface area contributed by atoms with Crippen LogP contribution in [0.15, 0.2) is 35.6 Å². The SMILES string of the molecule is CCc1nncn1CCNC(=NCC1CCCN1CC)NCCc1ccc(Cl)cc1. The zero-order valence-corrected chi connectivity index (χ0v) is 18.9. The Morgan fingerprint density at radius 1 is 1.20 bits per heavy atom. The first kappa shape index (κ1) is 22.6. The third kappa shape index (κ3) is 6.71. The van der Waals surface area contributed by atoms with E-state index in [1.165, 1.54) is 24.9 Å². The van der Waals surface area contributed by atoms with Gasteiger partial charge in [-0.2, -0.15) is 0 Å². The summed E-state index contributed by atoms with van der Waals surface area (Å²) < 4.78 is 2.09. The molecule has 1 aromatic carbocycles. The molecule has 2 heterocycles. The molecule has 1 fully saturated rings. The minimum absolute atomic E-state index is 0.550. The number of aromatic nitrogens is 3. The first-order chi connectivity index (χ1) is 14.7. The topological polar surface area (TPSA) is 70.4 Å². The van der Waals surface area contributed by atoms with Crippen LogP contribution in [0.3, 0.4) is 0 Å². The van der Waals surface area contributed by atoms with Gasteiger partial charge in [0.2, 0.25) is 0 Å². The van der Waals surface area contributed by atoms with Crippen LogP contribution < -0.4 is 10.6 Å². The Morgan fingerprint density at radius 3 is 2.77 bits per heavy atom. The van der Waals surface area contributed by atoms with Gasteiger partial charge in [0.05, 0.1) is 6.54 Å². The Labute approximate surface area is 184 Å². The number of likely N-dealkylation sites (N-methyl/N-ethyl adjacent to an activating group) is 1. The molecule has 30 heavy (non-hydrogen) atoms. The molecule has 1 aromatic heterocycles. The lowest BCUT2D eigenvalue weighted by Gasteiger charge is -2.21. The number of hydrogen-bond donors (Lipinski definition) is 2. The Bertz CT molecular complexity index is 787. The smallest absolute Gasteiger partial charge is 0.191 e. The van der Waals surface area contributed by atoms with Gasteiger partial charge < -0.3 is 15.2 Å². The maximum atomic E-state index is 5.98. The third-order valence-corrected chi connectivity index (χ3v) is 5.89. The molecule has 0 bridgehead atoms. The summed E-state index contributed by atoms with van der Waals surface area (Å²) >= 11 is 5.98. The van der Waals surface area contributed by atoms with Gasteiger partial charge in [0, 0.05) is 37.1 Å². The summed E-state index contributed by atoms with van der Waals surface area (Å²) in [5.41, 5.74) is 1.26. The van der Waals surface area contributed by atoms with E-state index in [0.717, 1.165) is 62.4 Å². The molecular formula is C22H34ClN7. The van der Waals surface area contributed by atoms with Crippen LogP contribution in [0.1, 0.15) is 38.1 Å². The number of guanidine groups is 1. The molecule has 1 aliphatic heterocycles. The van der Waals surface area contributed by atoms with E-state index in [-0.39, 0.29) is 0 Å². The largest absolute Gasteiger partial charge is 0.356 e. The summed E-state index contributed by atoms with van der Waals surface area (Å²) in [5, 5.41) is 15.9. The van der Waals surface area contributed by atoms with Gasteiger partial charge in [0.25, 0.3) is 0 Å². The second-order valence-electron chi connectivity index (χ2n) is 7.64. The van der Waals surface area contributed by atoms with E-state index in [1.807, 2.05) is 12.1 Å². The van der Waals surface area contributed by atoms with Gasteiger partial charge in [-0.05, 0) is 50.0 Å². The minimum atomic E-state index is 0.550. The standard InChI is InChI=1S/C22H34ClN7/c1-3-21-28-27-17-30(21)15-13-25-22(26-16-20-6-5-14-29(20)4-2)24-12-11-18-7-9-19(23)10-8-18/h7-10,17,20H,3-6,11-16H2,1-2H3,(H2,24,25,26). The summed E-state index contributed by atoms with van der Waals surface area (Å²) in [6.45, 7) is 9.87. The Hall–Kier alpha value is -2.12. The highest BCUT2D eigenvalue weighted by Gasteiger charge is 2.22. The monoisotopic (exact) mass is 431 g/mol. The molecule has 0 aliphatic carbocycles. The summed E-state index contributed by atoms with van der Waals surface area (Å²) in [6, 6.07) is 8.57. The third-order valence-electron chi connectivity index (χ3n) is 5.64. The van der Waals surface area contributed by atoms with E-state index in [0.29, 0.717) is 6.04 Å². The minimum Gasteiger partial charge on any atom is -0.356 e. The first-order valence-electron chi connectivity index (χ1n) is 11.1. The van der Waals surface area contributed by atoms with E-state index in [2.05, 4.69) is 56.3 Å². The average Bonchev–Trinajstić information content (AvgIpc) is 3.41. The van der Waals surface area contributed by atoms with Crippen molar-refractivity contribution in [3.63, 3.8) is 0 Å². The van der Waals surface area contributed by atoms with Crippen LogP contribution in [0.2, 0.25) is 5.02 Å². The van der Waals surface area contributed by atoms with Crippen molar-refractivity contribution in [1.82, 2.24) is 30.3 Å². The lowest BCUT2D eigenvalue weighted by Crippen LogP contribution is -2.41. The van der Waals surface area contributed by atoms with Crippen LogP contribution >= 0.6 is 11.6 Å². The van der Waals surface area contributed by atoms with Gasteiger partial charge in [-0.1, -0.05) is 37.6 Å². The molecule has 0 amide bonds. The summed E-state index contributed by atoms with van der Waals surface area (Å²) in [5.74, 6) is 1.88. The number of likely N-dealkylation sites (tertiary alicyclic amines) is 1. The predicted octanol–water partition coefficient (Wildman–Crippen LogP) is 2.76. The number of aryl methyl sites for hydroxylation is 1. The number of halogens is 1. The van der Waals surface area contributed by atoms with Crippen molar-refractivity contribution in [2.75, 3.05) is 32.7 Å². The van der Waals surface area contributed by atoms with Gasteiger partial charge in [0.1, 0.15) is 12.2 Å². The summed E-state index contributed by atoms with van der Waals surface area (Å²) in [7, 11) is 0. The maximum Gasteiger partial charge on any atom is 0.191 e. The molecule has 0 radical (unpaired) electrons. The molecule has 0 spiro atoms. The van der Waals surface area contributed by atoms with Crippen LogP contribution in [0.4, 0.5) is 0 Å². The van der Waals surface area contributed by atoms with Gasteiger partial charge >= 0.3 is 0 Å². The van der Waals surface area contributed by atoms with Crippen LogP contribution in [-0.2, 0) is 19.4 Å². The highest BCUT2D eigenvalue weighted by atomic mass is 35.5. The lowest BCUT2D eigenvalue weighted by atomic mass is 10.1. The van der Waals surface area contributed by atoms with Gasteiger partial charge in [-0.25, -0.2) is 0 Å². The number of benzene rings is 1. The fraction of sp³-hybridized carbons (Fsp3) is 0.591. The molecule has 0 saturated carbocycles. The van der Waals surface area contributed by atoms with E-state index in [1.54, 1.807) is 6.33 Å². The van der Waals surface area contributed by atoms with E-state index >= 15 is 0 Å². The van der Waals surface area contributed by atoms with Crippen LogP contribution in [0.25, 0.3) is 0 Å².